The van der Waals surface area contributed by atoms with Crippen molar-refractivity contribution in [2.75, 3.05) is 40.4 Å². The minimum absolute atomic E-state index is 0.0166. The second kappa shape index (κ2) is 19.4. The van der Waals surface area contributed by atoms with E-state index in [4.69, 9.17) is 9.63 Å². The summed E-state index contributed by atoms with van der Waals surface area (Å²) in [6.45, 7) is 5.96. The van der Waals surface area contributed by atoms with E-state index in [0.29, 0.717) is 6.61 Å². The third-order valence-corrected chi connectivity index (χ3v) is 5.88. The van der Waals surface area contributed by atoms with Gasteiger partial charge < -0.3 is 28.6 Å². The third kappa shape index (κ3) is 22.6. The number of ether oxygens (including phenoxy) is 1. The van der Waals surface area contributed by atoms with E-state index in [9.17, 15) is 14.6 Å². The number of phosphoric acid groups is 1. The van der Waals surface area contributed by atoms with Crippen LogP contribution in [0.15, 0.2) is 30.3 Å². The van der Waals surface area contributed by atoms with Crippen molar-refractivity contribution in [3.8, 4) is 5.75 Å². The number of para-hydroxylation sites is 1. The molecule has 0 aliphatic carbocycles. The molecule has 0 spiro atoms. The molecule has 0 fully saturated rings. The number of hydrogen-bond acceptors (Lipinski definition) is 5. The van der Waals surface area contributed by atoms with Crippen LogP contribution in [0.4, 0.5) is 0 Å². The van der Waals surface area contributed by atoms with E-state index in [1.54, 1.807) is 0 Å². The Bertz CT molecular complexity index is 608. The van der Waals surface area contributed by atoms with Crippen LogP contribution in [0.3, 0.4) is 0 Å². The van der Waals surface area contributed by atoms with E-state index in [1.165, 1.54) is 71.1 Å². The maximum atomic E-state index is 10.3. The van der Waals surface area contributed by atoms with Crippen molar-refractivity contribution in [1.29, 1.82) is 0 Å². The van der Waals surface area contributed by atoms with Crippen molar-refractivity contribution < 1.29 is 33.2 Å². The first-order valence-electron chi connectivity index (χ1n) is 12.5. The monoisotopic (exact) mass is 489 g/mol. The Morgan fingerprint density at radius 3 is 1.91 bits per heavy atom. The van der Waals surface area contributed by atoms with Crippen LogP contribution in [-0.4, -0.2) is 61.0 Å². The molecule has 0 saturated carbocycles. The molecule has 2 unspecified atom stereocenters. The number of phosphoric ester groups is 1. The van der Waals surface area contributed by atoms with Crippen molar-refractivity contribution in [3.63, 3.8) is 0 Å². The molecule has 0 heterocycles. The molecule has 2 atom stereocenters. The van der Waals surface area contributed by atoms with E-state index in [1.807, 2.05) is 30.3 Å². The summed E-state index contributed by atoms with van der Waals surface area (Å²) in [4.78, 5) is 17.4. The fourth-order valence-electron chi connectivity index (χ4n) is 3.61. The number of rotatable bonds is 18. The van der Waals surface area contributed by atoms with Gasteiger partial charge in [-0.1, -0.05) is 76.5 Å². The van der Waals surface area contributed by atoms with E-state index < -0.39 is 13.9 Å². The lowest BCUT2D eigenvalue weighted by Gasteiger charge is -2.31. The second-order valence-corrected chi connectivity index (χ2v) is 10.4. The van der Waals surface area contributed by atoms with Crippen molar-refractivity contribution >= 4 is 7.82 Å². The minimum Gasteiger partial charge on any atom is -0.756 e. The number of aliphatic hydroxyl groups is 1. The van der Waals surface area contributed by atoms with Crippen molar-refractivity contribution in [1.82, 2.24) is 0 Å². The fraction of sp³-hybridized carbons (Fsp3) is 0.760. The number of aliphatic hydroxyl groups excluding tert-OH is 1. The molecule has 1 aromatic carbocycles. The van der Waals surface area contributed by atoms with Gasteiger partial charge in [-0.15, -0.1) is 0 Å². The Labute approximate surface area is 202 Å². The van der Waals surface area contributed by atoms with Gasteiger partial charge in [0.15, 0.2) is 0 Å². The van der Waals surface area contributed by atoms with Crippen LogP contribution in [0.25, 0.3) is 0 Å². The topological polar surface area (TPSA) is 99.0 Å². The van der Waals surface area contributed by atoms with Gasteiger partial charge in [0, 0.05) is 0 Å². The van der Waals surface area contributed by atoms with Gasteiger partial charge in [0.2, 0.25) is 0 Å². The summed E-state index contributed by atoms with van der Waals surface area (Å²) in [5.74, 6) is 0.826. The number of quaternary nitrogens is 1. The molecule has 8 heteroatoms. The smallest absolute Gasteiger partial charge is 0.265 e. The molecular formula is C25H48NO6P. The van der Waals surface area contributed by atoms with Crippen molar-refractivity contribution in [2.24, 2.45) is 0 Å². The molecule has 0 aliphatic heterocycles. The normalized spacial score (nSPS) is 14.2. The first-order valence-corrected chi connectivity index (χ1v) is 14.0. The van der Waals surface area contributed by atoms with Crippen LogP contribution >= 0.6 is 7.82 Å². The summed E-state index contributed by atoms with van der Waals surface area (Å²) >= 11 is 0. The summed E-state index contributed by atoms with van der Waals surface area (Å²) in [7, 11) is -0.0000918. The highest BCUT2D eigenvalue weighted by atomic mass is 31.2. The Hall–Kier alpha value is -0.950. The number of likely N-dealkylation sites (N-methyl/N-ethyl adjacent to an activating group) is 1. The zero-order valence-corrected chi connectivity index (χ0v) is 22.2. The summed E-state index contributed by atoms with van der Waals surface area (Å²) in [6.07, 6.45) is 13.2. The molecule has 33 heavy (non-hydrogen) atoms. The average molecular weight is 490 g/mol. The van der Waals surface area contributed by atoms with Crippen LogP contribution in [0.5, 0.6) is 5.75 Å². The van der Waals surface area contributed by atoms with Gasteiger partial charge in [0.25, 0.3) is 7.82 Å². The Morgan fingerprint density at radius 2 is 1.45 bits per heavy atom. The highest BCUT2D eigenvalue weighted by Crippen LogP contribution is 2.29. The van der Waals surface area contributed by atoms with Crippen molar-refractivity contribution in [3.05, 3.63) is 30.3 Å². The molecule has 0 saturated heterocycles. The third-order valence-electron chi connectivity index (χ3n) is 5.30. The first kappa shape index (κ1) is 32.0. The van der Waals surface area contributed by atoms with Gasteiger partial charge in [-0.2, -0.15) is 0 Å². The summed E-state index contributed by atoms with van der Waals surface area (Å²) in [5, 5.41) is 10.3. The highest BCUT2D eigenvalue weighted by molar-refractivity contribution is 7.44. The standard InChI is InChI=1S/C23H42NO2.C2H7O4P/c1-4-5-6-7-8-9-10-11-12-16-19-24(2,3)20-22(25)21-26-23-17-14-13-15-18-23;1-2-6-7(3,4)5/h13-15,17-18,22,25H,4-12,16,19-21H2,1-3H3;2H2,1H3,(H2,3,4,5)/q+1;/p-1. The highest BCUT2D eigenvalue weighted by Gasteiger charge is 2.20. The van der Waals surface area contributed by atoms with Gasteiger partial charge in [-0.05, 0) is 31.9 Å². The lowest BCUT2D eigenvalue weighted by atomic mass is 10.1. The SMILES string of the molecule is CCCCCCCCCCCC[N+](C)(C)CC(O)COc1ccccc1.CCOP(=O)([O-])O. The van der Waals surface area contributed by atoms with Gasteiger partial charge in [0.05, 0.1) is 27.2 Å². The molecule has 194 valence electrons. The Balaban J connectivity index is 0.00000126. The summed E-state index contributed by atoms with van der Waals surface area (Å²) in [6, 6.07) is 9.72. The average Bonchev–Trinajstić information content (AvgIpc) is 2.73. The molecule has 0 aromatic heterocycles. The van der Waals surface area contributed by atoms with E-state index in [2.05, 4.69) is 25.5 Å². The maximum absolute atomic E-state index is 10.3. The zero-order chi connectivity index (χ0) is 25.0. The maximum Gasteiger partial charge on any atom is 0.265 e. The molecule has 0 radical (unpaired) electrons. The molecule has 0 aliphatic rings. The molecule has 1 aromatic rings. The lowest BCUT2D eigenvalue weighted by Crippen LogP contribution is -2.47. The number of hydrogen-bond donors (Lipinski definition) is 2. The molecule has 1 rings (SSSR count). The minimum atomic E-state index is -4.42. The largest absolute Gasteiger partial charge is 0.756 e. The fourth-order valence-corrected chi connectivity index (χ4v) is 3.94. The molecule has 0 amide bonds. The van der Waals surface area contributed by atoms with Gasteiger partial charge in [-0.3, -0.25) is 4.57 Å². The Kier molecular flexibility index (Phi) is 18.8. The summed E-state index contributed by atoms with van der Waals surface area (Å²) < 4.78 is 19.9. The summed E-state index contributed by atoms with van der Waals surface area (Å²) in [5.41, 5.74) is 0. The molecule has 2 N–H and O–H groups in total. The van der Waals surface area contributed by atoms with Gasteiger partial charge in [-0.25, -0.2) is 0 Å². The number of unbranched alkanes of at least 4 members (excludes halogenated alkanes) is 9. The zero-order valence-electron chi connectivity index (χ0n) is 21.3. The second-order valence-electron chi connectivity index (χ2n) is 9.19. The molecule has 7 nitrogen and oxygen atoms in total. The van der Waals surface area contributed by atoms with Gasteiger partial charge >= 0.3 is 0 Å². The first-order chi connectivity index (χ1) is 15.6. The van der Waals surface area contributed by atoms with Crippen LogP contribution in [-0.2, 0) is 9.09 Å². The lowest BCUT2D eigenvalue weighted by molar-refractivity contribution is -0.893. The predicted molar refractivity (Wildman–Crippen MR) is 133 cm³/mol. The van der Waals surface area contributed by atoms with E-state index in [0.717, 1.165) is 23.3 Å². The van der Waals surface area contributed by atoms with Crippen LogP contribution in [0.1, 0.15) is 78.1 Å². The van der Waals surface area contributed by atoms with Crippen LogP contribution in [0, 0.1) is 0 Å². The van der Waals surface area contributed by atoms with Crippen molar-refractivity contribution in [2.45, 2.75) is 84.2 Å². The van der Waals surface area contributed by atoms with Crippen LogP contribution < -0.4 is 9.63 Å². The number of nitrogens with zero attached hydrogens (tertiary/aromatic N) is 1. The van der Waals surface area contributed by atoms with E-state index in [-0.39, 0.29) is 6.61 Å². The molecular weight excluding hydrogens is 441 g/mol. The van der Waals surface area contributed by atoms with Crippen LogP contribution in [0.2, 0.25) is 0 Å². The molecule has 0 bridgehead atoms. The van der Waals surface area contributed by atoms with E-state index >= 15 is 0 Å². The van der Waals surface area contributed by atoms with Gasteiger partial charge in [0.1, 0.15) is 25.0 Å². The predicted octanol–water partition coefficient (Wildman–Crippen LogP) is 4.91. The Morgan fingerprint density at radius 1 is 0.939 bits per heavy atom. The quantitative estimate of drug-likeness (QED) is 0.173. The number of benzene rings is 1.